The fourth-order valence-corrected chi connectivity index (χ4v) is 4.18. The van der Waals surface area contributed by atoms with E-state index in [1.165, 1.54) is 28.8 Å². The first kappa shape index (κ1) is 15.6. The minimum Gasteiger partial charge on any atom is -0.250 e. The molecule has 0 unspecified atom stereocenters. The van der Waals surface area contributed by atoms with Gasteiger partial charge in [0.2, 0.25) is 10.0 Å². The molecule has 0 spiro atoms. The number of benzene rings is 1. The first-order chi connectivity index (χ1) is 9.86. The second-order valence-corrected chi connectivity index (χ2v) is 7.67. The zero-order chi connectivity index (χ0) is 15.6. The normalized spacial score (nSPS) is 11.6. The number of hydrogen-bond donors (Lipinski definition) is 0. The van der Waals surface area contributed by atoms with Crippen LogP contribution in [0.1, 0.15) is 21.7 Å². The molecule has 110 valence electrons. The Hall–Kier alpha value is -1.75. The van der Waals surface area contributed by atoms with E-state index in [4.69, 9.17) is 5.26 Å². The van der Waals surface area contributed by atoms with Crippen molar-refractivity contribution in [3.8, 4) is 6.07 Å². The van der Waals surface area contributed by atoms with E-state index in [1.54, 1.807) is 24.6 Å². The number of nitriles is 1. The van der Waals surface area contributed by atoms with Crippen molar-refractivity contribution in [2.75, 3.05) is 7.05 Å². The van der Waals surface area contributed by atoms with Crippen LogP contribution in [-0.2, 0) is 16.6 Å². The average Bonchev–Trinajstić information content (AvgIpc) is 2.84. The highest BCUT2D eigenvalue weighted by atomic mass is 32.2. The molecule has 0 radical (unpaired) electrons. The molecular weight excluding hydrogens is 306 g/mol. The van der Waals surface area contributed by atoms with E-state index < -0.39 is 10.0 Å². The Kier molecular flexibility index (Phi) is 4.42. The van der Waals surface area contributed by atoms with E-state index in [0.717, 1.165) is 10.6 Å². The average molecular weight is 321 g/mol. The van der Waals surface area contributed by atoms with Gasteiger partial charge in [-0.1, -0.05) is 6.07 Å². The van der Waals surface area contributed by atoms with Crippen molar-refractivity contribution in [3.63, 3.8) is 0 Å². The van der Waals surface area contributed by atoms with Gasteiger partial charge in [0.25, 0.3) is 0 Å². The molecular formula is C14H15N3O2S2. The summed E-state index contributed by atoms with van der Waals surface area (Å²) in [6, 6.07) is 6.65. The van der Waals surface area contributed by atoms with Crippen molar-refractivity contribution in [1.82, 2.24) is 9.29 Å². The minimum absolute atomic E-state index is 0.172. The van der Waals surface area contributed by atoms with Crippen LogP contribution >= 0.6 is 11.3 Å². The highest BCUT2D eigenvalue weighted by molar-refractivity contribution is 7.89. The molecule has 2 aromatic rings. The van der Waals surface area contributed by atoms with E-state index in [1.807, 2.05) is 13.0 Å². The molecule has 0 amide bonds. The molecule has 0 N–H and O–H groups in total. The van der Waals surface area contributed by atoms with Gasteiger partial charge in [0.15, 0.2) is 0 Å². The van der Waals surface area contributed by atoms with Crippen LogP contribution < -0.4 is 0 Å². The Morgan fingerprint density at radius 2 is 2.10 bits per heavy atom. The summed E-state index contributed by atoms with van der Waals surface area (Å²) in [5.74, 6) is 0. The third-order valence-corrected chi connectivity index (χ3v) is 6.08. The highest BCUT2D eigenvalue weighted by Crippen LogP contribution is 2.23. The van der Waals surface area contributed by atoms with Crippen LogP contribution in [0.2, 0.25) is 0 Å². The summed E-state index contributed by atoms with van der Waals surface area (Å²) in [7, 11) is -2.10. The van der Waals surface area contributed by atoms with Crippen molar-refractivity contribution >= 4 is 21.4 Å². The van der Waals surface area contributed by atoms with Gasteiger partial charge < -0.3 is 0 Å². The van der Waals surface area contributed by atoms with Crippen molar-refractivity contribution in [1.29, 1.82) is 5.26 Å². The zero-order valence-corrected chi connectivity index (χ0v) is 13.6. The van der Waals surface area contributed by atoms with Gasteiger partial charge in [0.05, 0.1) is 27.7 Å². The summed E-state index contributed by atoms with van der Waals surface area (Å²) >= 11 is 1.43. The summed E-state index contributed by atoms with van der Waals surface area (Å²) in [5, 5.41) is 8.94. The van der Waals surface area contributed by atoms with Crippen LogP contribution in [-0.4, -0.2) is 24.8 Å². The second kappa shape index (κ2) is 5.93. The lowest BCUT2D eigenvalue weighted by Gasteiger charge is -2.18. The van der Waals surface area contributed by atoms with E-state index in [0.29, 0.717) is 11.1 Å². The number of thiazole rings is 1. The first-order valence-electron chi connectivity index (χ1n) is 6.22. The summed E-state index contributed by atoms with van der Waals surface area (Å²) in [5.41, 5.74) is 3.50. The zero-order valence-electron chi connectivity index (χ0n) is 12.0. The van der Waals surface area contributed by atoms with Crippen molar-refractivity contribution < 1.29 is 8.42 Å². The molecule has 0 saturated carbocycles. The summed E-state index contributed by atoms with van der Waals surface area (Å²) in [4.78, 5) is 5.21. The number of hydrogen-bond acceptors (Lipinski definition) is 5. The Balaban J connectivity index is 2.38. The quantitative estimate of drug-likeness (QED) is 0.867. The Bertz CT molecular complexity index is 804. The molecule has 0 bridgehead atoms. The predicted octanol–water partition coefficient (Wildman–Crippen LogP) is 2.45. The van der Waals surface area contributed by atoms with E-state index >= 15 is 0 Å². The van der Waals surface area contributed by atoms with Crippen molar-refractivity contribution in [3.05, 3.63) is 45.4 Å². The van der Waals surface area contributed by atoms with Gasteiger partial charge in [-0.2, -0.15) is 9.57 Å². The molecule has 1 aromatic heterocycles. The van der Waals surface area contributed by atoms with Gasteiger partial charge in [-0.25, -0.2) is 13.4 Å². The number of aromatic nitrogens is 1. The lowest BCUT2D eigenvalue weighted by Crippen LogP contribution is -2.27. The fraction of sp³-hybridized carbons (Fsp3) is 0.286. The van der Waals surface area contributed by atoms with Gasteiger partial charge in [0.1, 0.15) is 0 Å². The Morgan fingerprint density at radius 3 is 2.67 bits per heavy atom. The third-order valence-electron chi connectivity index (χ3n) is 3.22. The van der Waals surface area contributed by atoms with E-state index in [-0.39, 0.29) is 11.4 Å². The Labute approximate surface area is 128 Å². The number of nitrogens with zero attached hydrogens (tertiary/aromatic N) is 3. The van der Waals surface area contributed by atoms with Gasteiger partial charge in [-0.05, 0) is 31.5 Å². The monoisotopic (exact) mass is 321 g/mol. The molecule has 2 rings (SSSR count). The summed E-state index contributed by atoms with van der Waals surface area (Å²) in [6.07, 6.45) is 0. The maximum Gasteiger partial charge on any atom is 0.243 e. The van der Waals surface area contributed by atoms with Crippen LogP contribution in [0.15, 0.2) is 28.6 Å². The highest BCUT2D eigenvalue weighted by Gasteiger charge is 2.24. The molecule has 21 heavy (non-hydrogen) atoms. The van der Waals surface area contributed by atoms with Crippen molar-refractivity contribution in [2.45, 2.75) is 25.3 Å². The maximum atomic E-state index is 12.7. The lowest BCUT2D eigenvalue weighted by molar-refractivity contribution is 0.468. The SMILES string of the molecule is Cc1ccc(C#N)cc1S(=O)(=O)N(C)Cc1scnc1C. The van der Waals surface area contributed by atoms with Crippen LogP contribution in [0.25, 0.3) is 0 Å². The van der Waals surface area contributed by atoms with E-state index in [9.17, 15) is 8.42 Å². The third kappa shape index (κ3) is 3.13. The molecule has 0 atom stereocenters. The summed E-state index contributed by atoms with van der Waals surface area (Å²) in [6.45, 7) is 3.85. The molecule has 5 nitrogen and oxygen atoms in total. The van der Waals surface area contributed by atoms with Crippen molar-refractivity contribution in [2.24, 2.45) is 0 Å². The summed E-state index contributed by atoms with van der Waals surface area (Å²) < 4.78 is 26.6. The molecule has 0 fully saturated rings. The smallest absolute Gasteiger partial charge is 0.243 e. The molecule has 7 heteroatoms. The van der Waals surface area contributed by atoms with Gasteiger partial charge >= 0.3 is 0 Å². The number of sulfonamides is 1. The van der Waals surface area contributed by atoms with Crippen LogP contribution in [0.3, 0.4) is 0 Å². The number of aryl methyl sites for hydroxylation is 2. The maximum absolute atomic E-state index is 12.7. The fourth-order valence-electron chi connectivity index (χ4n) is 1.88. The number of rotatable bonds is 4. The van der Waals surface area contributed by atoms with E-state index in [2.05, 4.69) is 4.98 Å². The molecule has 0 aliphatic heterocycles. The standard InChI is InChI=1S/C14H15N3O2S2/c1-10-4-5-12(7-15)6-14(10)21(18,19)17(3)8-13-11(2)16-9-20-13/h4-6,9H,8H2,1-3H3. The lowest BCUT2D eigenvalue weighted by atomic mass is 10.2. The van der Waals surface area contributed by atoms with Gasteiger partial charge in [-0.3, -0.25) is 0 Å². The Morgan fingerprint density at radius 1 is 1.38 bits per heavy atom. The molecule has 0 aliphatic carbocycles. The molecule has 0 aliphatic rings. The van der Waals surface area contributed by atoms with Crippen LogP contribution in [0, 0.1) is 25.2 Å². The molecule has 0 saturated heterocycles. The second-order valence-electron chi connectivity index (χ2n) is 4.71. The molecule has 1 heterocycles. The molecule has 1 aromatic carbocycles. The predicted molar refractivity (Wildman–Crippen MR) is 81.4 cm³/mol. The first-order valence-corrected chi connectivity index (χ1v) is 8.54. The van der Waals surface area contributed by atoms with Gasteiger partial charge in [-0.15, -0.1) is 11.3 Å². The van der Waals surface area contributed by atoms with Crippen LogP contribution in [0.5, 0.6) is 0 Å². The largest absolute Gasteiger partial charge is 0.250 e. The van der Waals surface area contributed by atoms with Crippen LogP contribution in [0.4, 0.5) is 0 Å². The minimum atomic E-state index is -3.63. The van der Waals surface area contributed by atoms with Gasteiger partial charge in [0, 0.05) is 18.5 Å². The topological polar surface area (TPSA) is 74.1 Å².